The molecule has 2 aliphatic rings. The summed E-state index contributed by atoms with van der Waals surface area (Å²) < 4.78 is 11.0. The first-order chi connectivity index (χ1) is 8.34. The second-order valence-corrected chi connectivity index (χ2v) is 4.88. The van der Waals surface area contributed by atoms with Crippen LogP contribution < -0.4 is 0 Å². The summed E-state index contributed by atoms with van der Waals surface area (Å²) in [4.78, 5) is 0. The normalized spacial score (nSPS) is 44.3. The molecule has 0 aliphatic carbocycles. The maximum absolute atomic E-state index is 9.51. The number of hydrogen-bond donors (Lipinski definition) is 1. The van der Waals surface area contributed by atoms with E-state index in [1.54, 1.807) is 20.8 Å². The molecular formula is C12H12N4O2. The Morgan fingerprint density at radius 3 is 2.17 bits per heavy atom. The zero-order valence-electron chi connectivity index (χ0n) is 10.3. The standard InChI is InChI=1S/C12H12N4O2/c1-7-10(3)17-8(2)11(4-13,5-14)12(7,6-15)9(16)18-10/h7-8,16H,1-3H3. The molecule has 2 saturated heterocycles. The molecule has 0 aromatic rings. The van der Waals surface area contributed by atoms with E-state index >= 15 is 0 Å². The Bertz CT molecular complexity index is 538. The van der Waals surface area contributed by atoms with Crippen LogP contribution in [0.1, 0.15) is 20.8 Å². The molecule has 4 atom stereocenters. The molecule has 2 fully saturated rings. The molecule has 2 bridgehead atoms. The third-order valence-electron chi connectivity index (χ3n) is 4.27. The van der Waals surface area contributed by atoms with Crippen molar-refractivity contribution in [3.63, 3.8) is 0 Å². The number of hydrogen-bond acceptors (Lipinski definition) is 6. The molecule has 0 radical (unpaired) electrons. The number of nitriles is 3. The molecule has 4 unspecified atom stereocenters. The lowest BCUT2D eigenvalue weighted by atomic mass is 9.55. The average Bonchev–Trinajstić information content (AvgIpc) is 2.47. The van der Waals surface area contributed by atoms with Crippen LogP contribution in [-0.4, -0.2) is 17.8 Å². The van der Waals surface area contributed by atoms with E-state index in [0.29, 0.717) is 0 Å². The summed E-state index contributed by atoms with van der Waals surface area (Å²) in [6.45, 7) is 4.85. The van der Waals surface area contributed by atoms with Crippen LogP contribution in [-0.2, 0) is 9.47 Å². The van der Waals surface area contributed by atoms with Crippen LogP contribution >= 0.6 is 0 Å². The van der Waals surface area contributed by atoms with Gasteiger partial charge in [-0.15, -0.1) is 0 Å². The van der Waals surface area contributed by atoms with E-state index in [1.807, 2.05) is 18.2 Å². The summed E-state index contributed by atoms with van der Waals surface area (Å²) in [5, 5.41) is 36.2. The van der Waals surface area contributed by atoms with Crippen molar-refractivity contribution in [2.24, 2.45) is 16.7 Å². The Morgan fingerprint density at radius 2 is 1.72 bits per heavy atom. The molecule has 2 heterocycles. The van der Waals surface area contributed by atoms with Gasteiger partial charge in [-0.2, -0.15) is 15.8 Å². The summed E-state index contributed by atoms with van der Waals surface area (Å²) >= 11 is 0. The minimum absolute atomic E-state index is 0.354. The van der Waals surface area contributed by atoms with Gasteiger partial charge in [-0.25, -0.2) is 0 Å². The Hall–Kier alpha value is -2.10. The molecule has 18 heavy (non-hydrogen) atoms. The zero-order chi connectivity index (χ0) is 13.8. The number of nitrogens with one attached hydrogen (secondary N) is 1. The maximum Gasteiger partial charge on any atom is 0.214 e. The van der Waals surface area contributed by atoms with Crippen LogP contribution in [0, 0.1) is 56.2 Å². The monoisotopic (exact) mass is 244 g/mol. The number of rotatable bonds is 0. The van der Waals surface area contributed by atoms with Crippen LogP contribution in [0.25, 0.3) is 0 Å². The molecule has 0 aromatic heterocycles. The highest BCUT2D eigenvalue weighted by Gasteiger charge is 2.77. The number of nitrogens with zero attached hydrogens (tertiary/aromatic N) is 3. The minimum atomic E-state index is -1.73. The molecule has 6 nitrogen and oxygen atoms in total. The lowest BCUT2D eigenvalue weighted by Gasteiger charge is -2.46. The Morgan fingerprint density at radius 1 is 1.17 bits per heavy atom. The van der Waals surface area contributed by atoms with Gasteiger partial charge in [0.25, 0.3) is 0 Å². The van der Waals surface area contributed by atoms with Gasteiger partial charge in [0.2, 0.25) is 11.7 Å². The van der Waals surface area contributed by atoms with E-state index in [4.69, 9.17) is 14.9 Å². The van der Waals surface area contributed by atoms with Gasteiger partial charge in [0.1, 0.15) is 0 Å². The van der Waals surface area contributed by atoms with Crippen molar-refractivity contribution < 1.29 is 9.47 Å². The van der Waals surface area contributed by atoms with Crippen molar-refractivity contribution in [3.8, 4) is 18.2 Å². The fourth-order valence-corrected chi connectivity index (χ4v) is 2.99. The van der Waals surface area contributed by atoms with Crippen molar-refractivity contribution in [1.29, 1.82) is 21.2 Å². The quantitative estimate of drug-likeness (QED) is 0.689. The van der Waals surface area contributed by atoms with Crippen LogP contribution in [0.3, 0.4) is 0 Å². The zero-order valence-corrected chi connectivity index (χ0v) is 10.3. The van der Waals surface area contributed by atoms with Crippen molar-refractivity contribution in [1.82, 2.24) is 0 Å². The van der Waals surface area contributed by atoms with Gasteiger partial charge in [0, 0.05) is 6.92 Å². The second kappa shape index (κ2) is 3.22. The van der Waals surface area contributed by atoms with Crippen LogP contribution in [0.4, 0.5) is 0 Å². The largest absolute Gasteiger partial charge is 0.448 e. The van der Waals surface area contributed by atoms with Crippen molar-refractivity contribution in [3.05, 3.63) is 0 Å². The first-order valence-corrected chi connectivity index (χ1v) is 5.54. The summed E-state index contributed by atoms with van der Waals surface area (Å²) in [5.41, 5.74) is -3.31. The summed E-state index contributed by atoms with van der Waals surface area (Å²) in [6, 6.07) is 5.75. The molecule has 6 heteroatoms. The molecule has 0 spiro atoms. The van der Waals surface area contributed by atoms with Crippen LogP contribution in [0.2, 0.25) is 0 Å². The topological polar surface area (TPSA) is 114 Å². The number of ether oxygens (including phenoxy) is 2. The predicted molar refractivity (Wildman–Crippen MR) is 58.6 cm³/mol. The van der Waals surface area contributed by atoms with E-state index in [9.17, 15) is 15.8 Å². The van der Waals surface area contributed by atoms with Gasteiger partial charge in [0.15, 0.2) is 10.8 Å². The highest BCUT2D eigenvalue weighted by atomic mass is 16.7. The van der Waals surface area contributed by atoms with Gasteiger partial charge in [-0.1, -0.05) is 6.92 Å². The third-order valence-corrected chi connectivity index (χ3v) is 4.27. The van der Waals surface area contributed by atoms with E-state index in [1.165, 1.54) is 0 Å². The average molecular weight is 244 g/mol. The lowest BCUT2D eigenvalue weighted by molar-refractivity contribution is -0.260. The predicted octanol–water partition coefficient (Wildman–Crippen LogP) is 1.31. The molecule has 2 rings (SSSR count). The van der Waals surface area contributed by atoms with Gasteiger partial charge in [-0.3, -0.25) is 5.41 Å². The smallest absolute Gasteiger partial charge is 0.214 e. The first-order valence-electron chi connectivity index (χ1n) is 5.54. The van der Waals surface area contributed by atoms with E-state index in [2.05, 4.69) is 0 Å². The SMILES string of the molecule is CC1OC2(C)OC(=N)C(C#N)(C2C)C1(C#N)C#N. The Balaban J connectivity index is 2.81. The number of fused-ring (bicyclic) bond motifs is 2. The highest BCUT2D eigenvalue weighted by Crippen LogP contribution is 2.62. The Labute approximate surface area is 105 Å². The molecule has 0 saturated carbocycles. The maximum atomic E-state index is 9.51. The molecule has 0 aromatic carbocycles. The van der Waals surface area contributed by atoms with Crippen molar-refractivity contribution >= 4 is 5.90 Å². The lowest BCUT2D eigenvalue weighted by Crippen LogP contribution is -2.60. The van der Waals surface area contributed by atoms with Crippen LogP contribution in [0.15, 0.2) is 0 Å². The molecule has 2 aliphatic heterocycles. The summed E-state index contributed by atoms with van der Waals surface area (Å²) in [7, 11) is 0. The van der Waals surface area contributed by atoms with Crippen molar-refractivity contribution in [2.75, 3.05) is 0 Å². The second-order valence-electron chi connectivity index (χ2n) is 4.88. The Kier molecular flexibility index (Phi) is 2.21. The fourth-order valence-electron chi connectivity index (χ4n) is 2.99. The molecular weight excluding hydrogens is 232 g/mol. The summed E-state index contributed by atoms with van der Waals surface area (Å²) in [5.74, 6) is -2.06. The van der Waals surface area contributed by atoms with Gasteiger partial charge in [0.05, 0.1) is 30.2 Å². The highest BCUT2D eigenvalue weighted by molar-refractivity contribution is 5.88. The van der Waals surface area contributed by atoms with Crippen molar-refractivity contribution in [2.45, 2.75) is 32.7 Å². The first kappa shape index (κ1) is 12.4. The minimum Gasteiger partial charge on any atom is -0.448 e. The molecule has 1 N–H and O–H groups in total. The van der Waals surface area contributed by atoms with E-state index < -0.39 is 28.6 Å². The fraction of sp³-hybridized carbons (Fsp3) is 0.667. The van der Waals surface area contributed by atoms with Gasteiger partial charge < -0.3 is 9.47 Å². The molecule has 92 valence electrons. The van der Waals surface area contributed by atoms with Gasteiger partial charge >= 0.3 is 0 Å². The van der Waals surface area contributed by atoms with Gasteiger partial charge in [-0.05, 0) is 6.92 Å². The summed E-state index contributed by atoms with van der Waals surface area (Å²) in [6.07, 6.45) is -0.809. The van der Waals surface area contributed by atoms with E-state index in [-0.39, 0.29) is 5.90 Å². The molecule has 0 amide bonds. The third kappa shape index (κ3) is 0.929. The van der Waals surface area contributed by atoms with E-state index in [0.717, 1.165) is 0 Å². The van der Waals surface area contributed by atoms with Crippen LogP contribution in [0.5, 0.6) is 0 Å².